The highest BCUT2D eigenvalue weighted by Gasteiger charge is 2.13. The number of hydrogen-bond donors (Lipinski definition) is 1. The molecule has 2 aromatic carbocycles. The van der Waals surface area contributed by atoms with E-state index in [1.165, 1.54) is 75.5 Å². The maximum Gasteiger partial charge on any atom is 0.228 e. The number of hydrogen-bond acceptors (Lipinski definition) is 3. The number of anilines is 1. The summed E-state index contributed by atoms with van der Waals surface area (Å²) in [7, 11) is 0. The van der Waals surface area contributed by atoms with Gasteiger partial charge in [-0.2, -0.15) is 4.57 Å². The van der Waals surface area contributed by atoms with E-state index in [1.54, 1.807) is 11.3 Å². The summed E-state index contributed by atoms with van der Waals surface area (Å²) in [6.45, 7) is 5.83. The third-order valence-electron chi connectivity index (χ3n) is 7.11. The number of ether oxygens (including phenoxy) is 1. The number of amides is 1. The van der Waals surface area contributed by atoms with E-state index in [0.29, 0.717) is 17.4 Å². The molecule has 220 valence electrons. The van der Waals surface area contributed by atoms with Gasteiger partial charge >= 0.3 is 0 Å². The van der Waals surface area contributed by atoms with Crippen molar-refractivity contribution in [2.45, 2.75) is 104 Å². The Morgan fingerprint density at radius 1 is 0.900 bits per heavy atom. The Bertz CT molecular complexity index is 1120. The van der Waals surface area contributed by atoms with Crippen LogP contribution in [0.25, 0.3) is 0 Å². The van der Waals surface area contributed by atoms with Crippen molar-refractivity contribution >= 4 is 34.5 Å². The number of thiazole rings is 1. The third-order valence-corrected chi connectivity index (χ3v) is 8.27. The Balaban J connectivity index is 0.00000560. The third kappa shape index (κ3) is 12.7. The maximum atomic E-state index is 12.8. The van der Waals surface area contributed by atoms with Gasteiger partial charge in [0.25, 0.3) is 0 Å². The standard InChI is InChI=1S/C33H45ClN2O2S.BrH/c1-3-4-5-6-7-8-9-10-11-12-13-14-22-38-33-29(16-15-17-31(33)34)23-32(37)35-30-20-18-28(19-21-30)24-36-26-39-25-27(36)2;/h15-21,25-26H,3-14,22-24H2,1-2H3;1H. The van der Waals surface area contributed by atoms with Crippen LogP contribution in [0.2, 0.25) is 5.02 Å². The summed E-state index contributed by atoms with van der Waals surface area (Å²) in [4.78, 5) is 12.8. The summed E-state index contributed by atoms with van der Waals surface area (Å²) in [6.07, 6.45) is 15.9. The van der Waals surface area contributed by atoms with Gasteiger partial charge in [0.05, 0.1) is 23.4 Å². The lowest BCUT2D eigenvalue weighted by Gasteiger charge is -2.13. The Hall–Kier alpha value is -1.89. The minimum absolute atomic E-state index is 0. The molecule has 1 aromatic heterocycles. The smallest absolute Gasteiger partial charge is 0.228 e. The van der Waals surface area contributed by atoms with E-state index >= 15 is 0 Å². The molecule has 0 saturated heterocycles. The van der Waals surface area contributed by atoms with Gasteiger partial charge in [-0.25, -0.2) is 0 Å². The fourth-order valence-corrected chi connectivity index (χ4v) is 5.78. The molecule has 1 N–H and O–H groups in total. The van der Waals surface area contributed by atoms with Crippen LogP contribution in [0, 0.1) is 6.92 Å². The van der Waals surface area contributed by atoms with Gasteiger partial charge in [0.1, 0.15) is 5.75 Å². The summed E-state index contributed by atoms with van der Waals surface area (Å²) in [6, 6.07) is 13.7. The molecule has 7 heteroatoms. The van der Waals surface area contributed by atoms with Crippen LogP contribution in [0.1, 0.15) is 101 Å². The average Bonchev–Trinajstić information content (AvgIpc) is 3.33. The van der Waals surface area contributed by atoms with E-state index in [1.807, 2.05) is 30.3 Å². The Labute approximate surface area is 261 Å². The van der Waals surface area contributed by atoms with Gasteiger partial charge in [0, 0.05) is 23.7 Å². The highest BCUT2D eigenvalue weighted by atomic mass is 79.9. The van der Waals surface area contributed by atoms with Gasteiger partial charge in [-0.3, -0.25) is 4.79 Å². The molecule has 4 nitrogen and oxygen atoms in total. The molecule has 0 aliphatic heterocycles. The zero-order valence-corrected chi connectivity index (χ0v) is 27.4. The number of unbranched alkanes of at least 4 members (excludes halogenated alkanes) is 11. The molecule has 1 heterocycles. The van der Waals surface area contributed by atoms with Crippen LogP contribution < -0.4 is 31.6 Å². The van der Waals surface area contributed by atoms with E-state index < -0.39 is 0 Å². The monoisotopic (exact) mass is 648 g/mol. The molecule has 3 aromatic rings. The van der Waals surface area contributed by atoms with E-state index in [-0.39, 0.29) is 29.3 Å². The number of carbonyl (C=O) groups is 1. The first-order chi connectivity index (χ1) is 19.1. The number of carbonyl (C=O) groups excluding carboxylic acids is 1. The molecular weight excluding hydrogens is 604 g/mol. The number of rotatable bonds is 19. The van der Waals surface area contributed by atoms with E-state index in [0.717, 1.165) is 30.6 Å². The predicted molar refractivity (Wildman–Crippen MR) is 165 cm³/mol. The van der Waals surface area contributed by atoms with Crippen molar-refractivity contribution in [2.24, 2.45) is 0 Å². The molecule has 0 saturated carbocycles. The average molecular weight is 650 g/mol. The van der Waals surface area contributed by atoms with Crippen molar-refractivity contribution < 1.29 is 31.1 Å². The summed E-state index contributed by atoms with van der Waals surface area (Å²) in [5, 5.41) is 5.71. The second-order valence-electron chi connectivity index (χ2n) is 10.5. The van der Waals surface area contributed by atoms with Crippen molar-refractivity contribution in [2.75, 3.05) is 11.9 Å². The van der Waals surface area contributed by atoms with Gasteiger partial charge in [-0.05, 0) is 24.6 Å². The lowest BCUT2D eigenvalue weighted by molar-refractivity contribution is -0.689. The van der Waals surface area contributed by atoms with E-state index in [9.17, 15) is 4.79 Å². The van der Waals surface area contributed by atoms with Crippen LogP contribution in [0.5, 0.6) is 5.75 Å². The van der Waals surface area contributed by atoms with Crippen LogP contribution in [0.15, 0.2) is 53.4 Å². The molecule has 0 bridgehead atoms. The lowest BCUT2D eigenvalue weighted by Crippen LogP contribution is -3.00. The molecule has 1 amide bonds. The quantitative estimate of drug-likeness (QED) is 0.122. The van der Waals surface area contributed by atoms with Crippen LogP contribution in [0.4, 0.5) is 5.69 Å². The minimum Gasteiger partial charge on any atom is -1.00 e. The van der Waals surface area contributed by atoms with Crippen molar-refractivity contribution in [3.05, 3.63) is 75.2 Å². The fraction of sp³-hybridized carbons (Fsp3) is 0.515. The van der Waals surface area contributed by atoms with Gasteiger partial charge < -0.3 is 27.0 Å². The molecule has 0 unspecified atom stereocenters. The molecule has 0 atom stereocenters. The number of halogens is 2. The fourth-order valence-electron chi connectivity index (χ4n) is 4.76. The highest BCUT2D eigenvalue weighted by Crippen LogP contribution is 2.29. The summed E-state index contributed by atoms with van der Waals surface area (Å²) >= 11 is 8.15. The van der Waals surface area contributed by atoms with Gasteiger partial charge in [-0.1, -0.05) is 125 Å². The molecule has 0 radical (unpaired) electrons. The normalized spacial score (nSPS) is 10.8. The zero-order chi connectivity index (χ0) is 27.7. The van der Waals surface area contributed by atoms with Crippen LogP contribution >= 0.6 is 22.9 Å². The summed E-state index contributed by atoms with van der Waals surface area (Å²) in [5.74, 6) is 0.555. The number of benzene rings is 2. The van der Waals surface area contributed by atoms with Crippen LogP contribution in [-0.4, -0.2) is 12.5 Å². The second-order valence-corrected chi connectivity index (χ2v) is 11.6. The molecule has 3 rings (SSSR count). The van der Waals surface area contributed by atoms with Crippen molar-refractivity contribution in [3.8, 4) is 5.75 Å². The Kier molecular flexibility index (Phi) is 17.2. The Morgan fingerprint density at radius 2 is 1.52 bits per heavy atom. The molecule has 0 aliphatic rings. The first-order valence-electron chi connectivity index (χ1n) is 14.8. The topological polar surface area (TPSA) is 42.2 Å². The second kappa shape index (κ2) is 20.1. The number of para-hydroxylation sites is 1. The molecule has 40 heavy (non-hydrogen) atoms. The summed E-state index contributed by atoms with van der Waals surface area (Å²) < 4.78 is 8.29. The first kappa shape index (κ1) is 34.3. The predicted octanol–water partition coefficient (Wildman–Crippen LogP) is 6.31. The zero-order valence-electron chi connectivity index (χ0n) is 24.2. The summed E-state index contributed by atoms with van der Waals surface area (Å²) in [5.41, 5.74) is 6.17. The lowest BCUT2D eigenvalue weighted by atomic mass is 10.1. The number of aryl methyl sites for hydroxylation is 1. The largest absolute Gasteiger partial charge is 1.00 e. The van der Waals surface area contributed by atoms with Gasteiger partial charge in [-0.15, -0.1) is 0 Å². The maximum absolute atomic E-state index is 12.8. The number of nitrogens with zero attached hydrogens (tertiary/aromatic N) is 1. The van der Waals surface area contributed by atoms with Gasteiger partial charge in [0.2, 0.25) is 11.4 Å². The first-order valence-corrected chi connectivity index (χ1v) is 16.1. The molecule has 0 fully saturated rings. The highest BCUT2D eigenvalue weighted by molar-refractivity contribution is 7.07. The van der Waals surface area contributed by atoms with E-state index in [4.69, 9.17) is 16.3 Å². The molecular formula is C33H46BrClN2O2S. The van der Waals surface area contributed by atoms with Crippen LogP contribution in [0.3, 0.4) is 0 Å². The Morgan fingerprint density at radius 3 is 2.12 bits per heavy atom. The number of aromatic nitrogens is 1. The van der Waals surface area contributed by atoms with Gasteiger partial charge in [0.15, 0.2) is 12.2 Å². The molecule has 0 aliphatic carbocycles. The van der Waals surface area contributed by atoms with Crippen LogP contribution in [-0.2, 0) is 17.8 Å². The number of nitrogens with one attached hydrogen (secondary N) is 1. The molecule has 0 spiro atoms. The SMILES string of the molecule is CCCCCCCCCCCCCCOc1c(Cl)cccc1CC(=O)Nc1ccc(C[n+]2cscc2C)cc1.[Br-]. The minimum atomic E-state index is -0.0803. The van der Waals surface area contributed by atoms with Crippen molar-refractivity contribution in [3.63, 3.8) is 0 Å². The van der Waals surface area contributed by atoms with Crippen molar-refractivity contribution in [1.82, 2.24) is 0 Å². The van der Waals surface area contributed by atoms with Crippen molar-refractivity contribution in [1.29, 1.82) is 0 Å². The van der Waals surface area contributed by atoms with E-state index in [2.05, 4.69) is 46.8 Å².